The number of methoxy groups -OCH3 is 3. The summed E-state index contributed by atoms with van der Waals surface area (Å²) in [7, 11) is 4.38. The minimum atomic E-state index is -0.491. The third kappa shape index (κ3) is 4.23. The second-order valence-electron chi connectivity index (χ2n) is 7.03. The molecule has 168 valence electrons. The normalized spacial score (nSPS) is 10.7. The average molecular weight is 449 g/mol. The van der Waals surface area contributed by atoms with Crippen molar-refractivity contribution in [2.24, 2.45) is 0 Å². The summed E-state index contributed by atoms with van der Waals surface area (Å²) in [6.45, 7) is 0. The zero-order valence-electron chi connectivity index (χ0n) is 18.1. The number of amides is 1. The molecule has 1 heterocycles. The highest BCUT2D eigenvalue weighted by Gasteiger charge is 2.18. The number of nitrogens with one attached hydrogen (secondary N) is 1. The van der Waals surface area contributed by atoms with E-state index in [1.54, 1.807) is 24.3 Å². The molecule has 4 aromatic rings. The van der Waals surface area contributed by atoms with Gasteiger partial charge in [-0.3, -0.25) is 9.59 Å². The van der Waals surface area contributed by atoms with Gasteiger partial charge in [0.05, 0.1) is 32.3 Å². The molecule has 0 fully saturated rings. The molecule has 0 spiro atoms. The predicted octanol–water partition coefficient (Wildman–Crippen LogP) is 4.88. The van der Waals surface area contributed by atoms with E-state index in [0.717, 1.165) is 0 Å². The lowest BCUT2D eigenvalue weighted by Crippen LogP contribution is -2.13. The van der Waals surface area contributed by atoms with E-state index in [2.05, 4.69) is 5.32 Å². The number of benzene rings is 3. The van der Waals surface area contributed by atoms with E-state index >= 15 is 0 Å². The molecule has 33 heavy (non-hydrogen) atoms. The molecule has 0 saturated heterocycles. The Labute approximate surface area is 188 Å². The molecule has 0 aliphatic rings. The topological polar surface area (TPSA) is 87.0 Å². The number of carbonyl (C=O) groups excluding carboxylic acids is 1. The van der Waals surface area contributed by atoms with E-state index in [-0.39, 0.29) is 33.3 Å². The second-order valence-corrected chi connectivity index (χ2v) is 7.03. The van der Waals surface area contributed by atoms with Gasteiger partial charge in [0, 0.05) is 17.3 Å². The van der Waals surface area contributed by atoms with Gasteiger partial charge in [-0.1, -0.05) is 12.1 Å². The molecule has 0 unspecified atom stereocenters. The maximum Gasteiger partial charge on any atom is 0.255 e. The standard InChI is InChI=1S/C25H20FNO6/c1-30-22-10-14(11-23(31-2)24(22)32-3)25(29)27-15-8-9-20-17(12-15)19(28)13-21(33-20)16-6-4-5-7-18(16)26/h4-13H,1-3H3,(H,27,29). The summed E-state index contributed by atoms with van der Waals surface area (Å²) in [5, 5.41) is 2.99. The molecule has 0 aliphatic carbocycles. The number of halogens is 1. The van der Waals surface area contributed by atoms with Gasteiger partial charge >= 0.3 is 0 Å². The van der Waals surface area contributed by atoms with Crippen LogP contribution < -0.4 is 25.0 Å². The Morgan fingerprint density at radius 2 is 1.61 bits per heavy atom. The molecule has 0 saturated carbocycles. The van der Waals surface area contributed by atoms with Crippen molar-refractivity contribution in [2.45, 2.75) is 0 Å². The van der Waals surface area contributed by atoms with Gasteiger partial charge in [0.1, 0.15) is 17.2 Å². The molecule has 7 nitrogen and oxygen atoms in total. The molecular formula is C25H20FNO6. The lowest BCUT2D eigenvalue weighted by molar-refractivity contribution is 0.102. The first-order valence-electron chi connectivity index (χ1n) is 9.89. The SMILES string of the molecule is COc1cc(C(=O)Nc2ccc3oc(-c4ccccc4F)cc(=O)c3c2)cc(OC)c1OC. The van der Waals surface area contributed by atoms with Crippen LogP contribution in [0.3, 0.4) is 0 Å². The average Bonchev–Trinajstić information content (AvgIpc) is 2.83. The molecule has 1 aromatic heterocycles. The minimum Gasteiger partial charge on any atom is -0.493 e. The van der Waals surface area contributed by atoms with Crippen molar-refractivity contribution < 1.29 is 27.8 Å². The van der Waals surface area contributed by atoms with E-state index in [0.29, 0.717) is 22.9 Å². The van der Waals surface area contributed by atoms with Crippen molar-refractivity contribution in [1.82, 2.24) is 0 Å². The van der Waals surface area contributed by atoms with Gasteiger partial charge in [-0.15, -0.1) is 0 Å². The maximum absolute atomic E-state index is 14.1. The van der Waals surface area contributed by atoms with Gasteiger partial charge in [0.15, 0.2) is 16.9 Å². The maximum atomic E-state index is 14.1. The Bertz CT molecular complexity index is 1390. The Balaban J connectivity index is 1.67. The number of rotatable bonds is 6. The lowest BCUT2D eigenvalue weighted by Gasteiger charge is -2.14. The Morgan fingerprint density at radius 1 is 0.909 bits per heavy atom. The van der Waals surface area contributed by atoms with Gasteiger partial charge in [-0.2, -0.15) is 0 Å². The van der Waals surface area contributed by atoms with Crippen LogP contribution in [0.15, 0.2) is 69.9 Å². The van der Waals surface area contributed by atoms with Crippen LogP contribution in [-0.2, 0) is 0 Å². The lowest BCUT2D eigenvalue weighted by atomic mass is 10.1. The molecule has 1 N–H and O–H groups in total. The predicted molar refractivity (Wildman–Crippen MR) is 122 cm³/mol. The Kier molecular flexibility index (Phi) is 5.99. The molecule has 0 radical (unpaired) electrons. The number of hydrogen-bond donors (Lipinski definition) is 1. The summed E-state index contributed by atoms with van der Waals surface area (Å²) in [5.74, 6) is 0.226. The van der Waals surface area contributed by atoms with Crippen molar-refractivity contribution in [3.05, 3.63) is 82.3 Å². The number of fused-ring (bicyclic) bond motifs is 1. The van der Waals surface area contributed by atoms with Crippen LogP contribution in [0.5, 0.6) is 17.2 Å². The Hall–Kier alpha value is -4.33. The highest BCUT2D eigenvalue weighted by Crippen LogP contribution is 2.38. The summed E-state index contributed by atoms with van der Waals surface area (Å²) >= 11 is 0. The van der Waals surface area contributed by atoms with E-state index in [4.69, 9.17) is 18.6 Å². The van der Waals surface area contributed by atoms with Gasteiger partial charge in [-0.25, -0.2) is 4.39 Å². The van der Waals surface area contributed by atoms with E-state index in [1.165, 1.54) is 57.7 Å². The van der Waals surface area contributed by atoms with Gasteiger partial charge < -0.3 is 23.9 Å². The van der Waals surface area contributed by atoms with Crippen LogP contribution in [0.25, 0.3) is 22.3 Å². The summed E-state index contributed by atoms with van der Waals surface area (Å²) in [5.41, 5.74) is 0.750. The van der Waals surface area contributed by atoms with E-state index in [1.807, 2.05) is 0 Å². The fourth-order valence-electron chi connectivity index (χ4n) is 3.44. The zero-order valence-corrected chi connectivity index (χ0v) is 18.1. The van der Waals surface area contributed by atoms with Crippen LogP contribution in [0, 0.1) is 5.82 Å². The van der Waals surface area contributed by atoms with Gasteiger partial charge in [0.25, 0.3) is 5.91 Å². The number of carbonyl (C=O) groups is 1. The summed E-state index contributed by atoms with van der Waals surface area (Å²) in [6.07, 6.45) is 0. The summed E-state index contributed by atoms with van der Waals surface area (Å²) in [6, 6.07) is 14.9. The first kappa shape index (κ1) is 21.9. The zero-order chi connectivity index (χ0) is 23.5. The van der Waals surface area contributed by atoms with Crippen LogP contribution in [0.4, 0.5) is 10.1 Å². The third-order valence-corrected chi connectivity index (χ3v) is 5.05. The highest BCUT2D eigenvalue weighted by atomic mass is 19.1. The Morgan fingerprint density at radius 3 is 2.24 bits per heavy atom. The quantitative estimate of drug-likeness (QED) is 0.452. The number of hydrogen-bond acceptors (Lipinski definition) is 6. The largest absolute Gasteiger partial charge is 0.493 e. The molecule has 3 aromatic carbocycles. The number of ether oxygens (including phenoxy) is 3. The van der Waals surface area contributed by atoms with Crippen molar-refractivity contribution in [3.63, 3.8) is 0 Å². The monoisotopic (exact) mass is 449 g/mol. The fraction of sp³-hybridized carbons (Fsp3) is 0.120. The van der Waals surface area contributed by atoms with Gasteiger partial charge in [0.2, 0.25) is 5.75 Å². The fourth-order valence-corrected chi connectivity index (χ4v) is 3.44. The van der Waals surface area contributed by atoms with Gasteiger partial charge in [-0.05, 0) is 42.5 Å². The molecule has 0 atom stereocenters. The smallest absolute Gasteiger partial charge is 0.255 e. The molecule has 1 amide bonds. The minimum absolute atomic E-state index is 0.125. The molecule has 0 aliphatic heterocycles. The molecule has 8 heteroatoms. The van der Waals surface area contributed by atoms with E-state index < -0.39 is 11.7 Å². The summed E-state index contributed by atoms with van der Waals surface area (Å²) < 4.78 is 35.7. The summed E-state index contributed by atoms with van der Waals surface area (Å²) in [4.78, 5) is 25.5. The van der Waals surface area contributed by atoms with E-state index in [9.17, 15) is 14.0 Å². The van der Waals surface area contributed by atoms with Crippen molar-refractivity contribution in [2.75, 3.05) is 26.6 Å². The third-order valence-electron chi connectivity index (χ3n) is 5.05. The molecule has 4 rings (SSSR count). The first-order chi connectivity index (χ1) is 15.9. The van der Waals surface area contributed by atoms with Crippen LogP contribution in [0.1, 0.15) is 10.4 Å². The van der Waals surface area contributed by atoms with Crippen molar-refractivity contribution in [1.29, 1.82) is 0 Å². The van der Waals surface area contributed by atoms with Crippen molar-refractivity contribution >= 4 is 22.6 Å². The van der Waals surface area contributed by atoms with Crippen LogP contribution in [0.2, 0.25) is 0 Å². The molecule has 0 bridgehead atoms. The number of anilines is 1. The highest BCUT2D eigenvalue weighted by molar-refractivity contribution is 6.05. The first-order valence-corrected chi connectivity index (χ1v) is 9.89. The van der Waals surface area contributed by atoms with Crippen LogP contribution in [-0.4, -0.2) is 27.2 Å². The molecular weight excluding hydrogens is 429 g/mol. The van der Waals surface area contributed by atoms with Crippen molar-refractivity contribution in [3.8, 4) is 28.6 Å². The second kappa shape index (κ2) is 9.04. The van der Waals surface area contributed by atoms with Crippen LogP contribution >= 0.6 is 0 Å².